The van der Waals surface area contributed by atoms with Crippen LogP contribution in [0.2, 0.25) is 0 Å². The number of hydrogen-bond donors (Lipinski definition) is 0. The summed E-state index contributed by atoms with van der Waals surface area (Å²) in [7, 11) is 1.68. The molecular formula is C11H15NO2S. The number of methoxy groups -OCH3 is 1. The fraction of sp³-hybridized carbons (Fsp3) is 0.636. The number of hydrogen-bond acceptors (Lipinski definition) is 4. The molecule has 1 aromatic rings. The predicted octanol–water partition coefficient (Wildman–Crippen LogP) is 2.41. The van der Waals surface area contributed by atoms with E-state index in [1.54, 1.807) is 14.0 Å². The van der Waals surface area contributed by atoms with Crippen LogP contribution in [-0.4, -0.2) is 24.5 Å². The van der Waals surface area contributed by atoms with E-state index >= 15 is 0 Å². The number of rotatable bonds is 5. The summed E-state index contributed by atoms with van der Waals surface area (Å²) in [6, 6.07) is 0. The van der Waals surface area contributed by atoms with Gasteiger partial charge in [-0.05, 0) is 12.8 Å². The standard InChI is InChI=1S/C11H15NO2S/c1-7(13)11-10(8-3-4-8)12-9(15-11)5-6-14-2/h8H,3-6H2,1-2H3. The Kier molecular flexibility index (Phi) is 3.17. The molecule has 0 saturated heterocycles. The molecule has 1 fully saturated rings. The van der Waals surface area contributed by atoms with Crippen LogP contribution in [0, 0.1) is 0 Å². The summed E-state index contributed by atoms with van der Waals surface area (Å²) >= 11 is 1.54. The lowest BCUT2D eigenvalue weighted by molar-refractivity contribution is 0.102. The van der Waals surface area contributed by atoms with E-state index < -0.39 is 0 Å². The summed E-state index contributed by atoms with van der Waals surface area (Å²) in [5.41, 5.74) is 1.04. The van der Waals surface area contributed by atoms with Gasteiger partial charge in [0.1, 0.15) is 0 Å². The van der Waals surface area contributed by atoms with Crippen molar-refractivity contribution in [2.75, 3.05) is 13.7 Å². The molecule has 0 bridgehead atoms. The lowest BCUT2D eigenvalue weighted by Crippen LogP contribution is -1.95. The lowest BCUT2D eigenvalue weighted by atomic mass is 10.2. The Hall–Kier alpha value is -0.740. The Morgan fingerprint density at radius 2 is 2.33 bits per heavy atom. The van der Waals surface area contributed by atoms with Gasteiger partial charge in [-0.3, -0.25) is 4.79 Å². The third kappa shape index (κ3) is 2.44. The zero-order valence-corrected chi connectivity index (χ0v) is 9.89. The fourth-order valence-electron chi connectivity index (χ4n) is 1.56. The predicted molar refractivity (Wildman–Crippen MR) is 59.7 cm³/mol. The fourth-order valence-corrected chi connectivity index (χ4v) is 2.59. The quantitative estimate of drug-likeness (QED) is 0.722. The maximum Gasteiger partial charge on any atom is 0.171 e. The molecule has 1 saturated carbocycles. The van der Waals surface area contributed by atoms with Crippen LogP contribution in [0.5, 0.6) is 0 Å². The van der Waals surface area contributed by atoms with Crippen molar-refractivity contribution in [2.45, 2.75) is 32.1 Å². The van der Waals surface area contributed by atoms with Gasteiger partial charge in [0.2, 0.25) is 0 Å². The highest BCUT2D eigenvalue weighted by molar-refractivity contribution is 7.13. The highest BCUT2D eigenvalue weighted by Gasteiger charge is 2.30. The monoisotopic (exact) mass is 225 g/mol. The molecule has 0 unspecified atom stereocenters. The van der Waals surface area contributed by atoms with Gasteiger partial charge in [0.25, 0.3) is 0 Å². The van der Waals surface area contributed by atoms with Crippen LogP contribution in [0.1, 0.15) is 46.1 Å². The van der Waals surface area contributed by atoms with Crippen LogP contribution in [0.4, 0.5) is 0 Å². The van der Waals surface area contributed by atoms with Gasteiger partial charge in [-0.15, -0.1) is 11.3 Å². The van der Waals surface area contributed by atoms with Crippen LogP contribution in [0.15, 0.2) is 0 Å². The highest BCUT2D eigenvalue weighted by atomic mass is 32.1. The molecule has 82 valence electrons. The molecule has 4 heteroatoms. The third-order valence-corrected chi connectivity index (χ3v) is 3.73. The van der Waals surface area contributed by atoms with Crippen LogP contribution in [-0.2, 0) is 11.2 Å². The van der Waals surface area contributed by atoms with E-state index in [1.165, 1.54) is 24.2 Å². The minimum atomic E-state index is 0.151. The number of carbonyl (C=O) groups excluding carboxylic acids is 1. The van der Waals surface area contributed by atoms with E-state index in [9.17, 15) is 4.79 Å². The first-order valence-corrected chi connectivity index (χ1v) is 6.03. The summed E-state index contributed by atoms with van der Waals surface area (Å²) in [6.45, 7) is 2.30. The van der Waals surface area contributed by atoms with Crippen molar-refractivity contribution in [3.8, 4) is 0 Å². The molecule has 3 nitrogen and oxygen atoms in total. The van der Waals surface area contributed by atoms with Crippen molar-refractivity contribution in [1.82, 2.24) is 4.98 Å². The third-order valence-electron chi connectivity index (χ3n) is 2.50. The molecule has 0 N–H and O–H groups in total. The molecule has 2 rings (SSSR count). The summed E-state index contributed by atoms with van der Waals surface area (Å²) in [5.74, 6) is 0.703. The van der Waals surface area contributed by atoms with E-state index in [-0.39, 0.29) is 5.78 Å². The Morgan fingerprint density at radius 3 is 2.87 bits per heavy atom. The first-order valence-electron chi connectivity index (χ1n) is 5.22. The average Bonchev–Trinajstić information content (AvgIpc) is 2.95. The van der Waals surface area contributed by atoms with Gasteiger partial charge < -0.3 is 4.74 Å². The van der Waals surface area contributed by atoms with Gasteiger partial charge in [-0.25, -0.2) is 4.98 Å². The minimum Gasteiger partial charge on any atom is -0.384 e. The molecule has 0 aromatic carbocycles. The van der Waals surface area contributed by atoms with Crippen molar-refractivity contribution < 1.29 is 9.53 Å². The van der Waals surface area contributed by atoms with Gasteiger partial charge in [-0.1, -0.05) is 0 Å². The van der Waals surface area contributed by atoms with Gasteiger partial charge in [0.15, 0.2) is 5.78 Å². The second-order valence-electron chi connectivity index (χ2n) is 3.90. The van der Waals surface area contributed by atoms with Crippen molar-refractivity contribution >= 4 is 17.1 Å². The van der Waals surface area contributed by atoms with Crippen molar-refractivity contribution in [3.05, 3.63) is 15.6 Å². The number of ether oxygens (including phenoxy) is 1. The molecule has 1 aliphatic rings. The molecule has 0 spiro atoms. The van der Waals surface area contributed by atoms with Crippen molar-refractivity contribution in [3.63, 3.8) is 0 Å². The zero-order chi connectivity index (χ0) is 10.8. The summed E-state index contributed by atoms with van der Waals surface area (Å²) < 4.78 is 5.01. The first kappa shape index (κ1) is 10.8. The summed E-state index contributed by atoms with van der Waals surface area (Å²) in [5, 5.41) is 1.03. The molecule has 0 atom stereocenters. The molecule has 1 heterocycles. The van der Waals surface area contributed by atoms with Crippen LogP contribution >= 0.6 is 11.3 Å². The first-order chi connectivity index (χ1) is 7.22. The van der Waals surface area contributed by atoms with Crippen molar-refractivity contribution in [2.24, 2.45) is 0 Å². The molecule has 1 aliphatic carbocycles. The summed E-state index contributed by atoms with van der Waals surface area (Å²) in [4.78, 5) is 16.8. The van der Waals surface area contributed by atoms with Crippen LogP contribution in [0.25, 0.3) is 0 Å². The topological polar surface area (TPSA) is 39.2 Å². The van der Waals surface area contributed by atoms with Crippen LogP contribution in [0.3, 0.4) is 0 Å². The SMILES string of the molecule is COCCc1nc(C2CC2)c(C(C)=O)s1. The number of Topliss-reactive ketones (excluding diaryl/α,β-unsaturated/α-hetero) is 1. The smallest absolute Gasteiger partial charge is 0.171 e. The Balaban J connectivity index is 2.19. The zero-order valence-electron chi connectivity index (χ0n) is 9.08. The van der Waals surface area contributed by atoms with Crippen LogP contribution < -0.4 is 0 Å². The van der Waals surface area contributed by atoms with Crippen molar-refractivity contribution in [1.29, 1.82) is 0 Å². The average molecular weight is 225 g/mol. The number of aromatic nitrogens is 1. The Morgan fingerprint density at radius 1 is 1.60 bits per heavy atom. The van der Waals surface area contributed by atoms with E-state index in [0.717, 1.165) is 22.0 Å². The molecule has 1 aromatic heterocycles. The van der Waals surface area contributed by atoms with E-state index in [2.05, 4.69) is 4.98 Å². The number of ketones is 1. The lowest BCUT2D eigenvalue weighted by Gasteiger charge is -1.93. The molecule has 0 amide bonds. The van der Waals surface area contributed by atoms with Gasteiger partial charge in [-0.2, -0.15) is 0 Å². The molecule has 15 heavy (non-hydrogen) atoms. The van der Waals surface area contributed by atoms with E-state index in [4.69, 9.17) is 4.74 Å². The second-order valence-corrected chi connectivity index (χ2v) is 4.98. The van der Waals surface area contributed by atoms with E-state index in [1.807, 2.05) is 0 Å². The number of carbonyl (C=O) groups is 1. The van der Waals surface area contributed by atoms with Gasteiger partial charge >= 0.3 is 0 Å². The van der Waals surface area contributed by atoms with Gasteiger partial charge in [0.05, 0.1) is 22.2 Å². The molecular weight excluding hydrogens is 210 g/mol. The summed E-state index contributed by atoms with van der Waals surface area (Å²) in [6.07, 6.45) is 3.19. The molecule has 0 aliphatic heterocycles. The largest absolute Gasteiger partial charge is 0.384 e. The normalized spacial score (nSPS) is 15.6. The highest BCUT2D eigenvalue weighted by Crippen LogP contribution is 2.42. The minimum absolute atomic E-state index is 0.151. The van der Waals surface area contributed by atoms with E-state index in [0.29, 0.717) is 12.5 Å². The Labute approximate surface area is 93.5 Å². The Bertz CT molecular complexity index is 369. The molecule has 0 radical (unpaired) electrons. The maximum atomic E-state index is 11.4. The second kappa shape index (κ2) is 4.41. The van der Waals surface area contributed by atoms with Gasteiger partial charge in [0, 0.05) is 26.4 Å². The maximum absolute atomic E-state index is 11.4. The number of thiazole rings is 1. The number of nitrogens with zero attached hydrogens (tertiary/aromatic N) is 1.